The second-order valence-electron chi connectivity index (χ2n) is 5.54. The Balaban J connectivity index is 3.42. The van der Waals surface area contributed by atoms with Gasteiger partial charge in [0.25, 0.3) is 0 Å². The van der Waals surface area contributed by atoms with Crippen LogP contribution in [-0.2, 0) is 0 Å². The molecule has 0 bridgehead atoms. The minimum atomic E-state index is -1.23. The molecule has 1 aliphatic carbocycles. The molecule has 120 valence electrons. The van der Waals surface area contributed by atoms with Gasteiger partial charge in [0, 0.05) is 14.8 Å². The molecule has 0 aromatic heterocycles. The average Bonchev–Trinajstić information content (AvgIpc) is 2.42. The molecular weight excluding hydrogens is 282 g/mol. The SMILES string of the molecule is CCC1C([N+](=O)[O-])C(CC)C([N+](=O)[O-])C(CC)C1[N+](=O)[O-]. The van der Waals surface area contributed by atoms with Crippen LogP contribution in [0.1, 0.15) is 40.0 Å². The molecule has 1 saturated carbocycles. The van der Waals surface area contributed by atoms with Crippen molar-refractivity contribution in [1.82, 2.24) is 0 Å². The molecule has 1 aliphatic rings. The molecule has 9 heteroatoms. The molecule has 0 saturated heterocycles. The molecule has 0 aliphatic heterocycles. The average molecular weight is 303 g/mol. The predicted molar refractivity (Wildman–Crippen MR) is 73.7 cm³/mol. The largest absolute Gasteiger partial charge is 0.264 e. The lowest BCUT2D eigenvalue weighted by atomic mass is 9.63. The summed E-state index contributed by atoms with van der Waals surface area (Å²) in [6, 6.07) is -3.68. The molecule has 0 radical (unpaired) electrons. The highest BCUT2D eigenvalue weighted by Crippen LogP contribution is 2.42. The Morgan fingerprint density at radius 3 is 0.905 bits per heavy atom. The summed E-state index contributed by atoms with van der Waals surface area (Å²) in [4.78, 5) is 32.5. The first kappa shape index (κ1) is 17.3. The van der Waals surface area contributed by atoms with Gasteiger partial charge in [-0.05, 0) is 19.3 Å². The van der Waals surface area contributed by atoms with E-state index in [9.17, 15) is 30.3 Å². The van der Waals surface area contributed by atoms with E-state index in [0.29, 0.717) is 0 Å². The lowest BCUT2D eigenvalue weighted by Crippen LogP contribution is -2.61. The third-order valence-corrected chi connectivity index (χ3v) is 4.78. The third kappa shape index (κ3) is 2.96. The maximum Gasteiger partial charge on any atom is 0.231 e. The van der Waals surface area contributed by atoms with E-state index in [1.807, 2.05) is 0 Å². The highest BCUT2D eigenvalue weighted by atomic mass is 16.6. The Morgan fingerprint density at radius 1 is 0.619 bits per heavy atom. The molecular formula is C12H21N3O6. The van der Waals surface area contributed by atoms with E-state index in [1.54, 1.807) is 20.8 Å². The van der Waals surface area contributed by atoms with Crippen LogP contribution in [0, 0.1) is 48.1 Å². The van der Waals surface area contributed by atoms with Crippen LogP contribution < -0.4 is 0 Å². The molecule has 0 N–H and O–H groups in total. The van der Waals surface area contributed by atoms with Gasteiger partial charge in [-0.25, -0.2) is 0 Å². The zero-order valence-corrected chi connectivity index (χ0v) is 12.4. The van der Waals surface area contributed by atoms with Gasteiger partial charge in [-0.1, -0.05) is 20.8 Å². The van der Waals surface area contributed by atoms with Gasteiger partial charge < -0.3 is 0 Å². The predicted octanol–water partition coefficient (Wildman–Crippen LogP) is 2.01. The summed E-state index contributed by atoms with van der Waals surface area (Å²) in [5.74, 6) is -2.29. The van der Waals surface area contributed by atoms with Crippen LogP contribution in [0.25, 0.3) is 0 Å². The molecule has 21 heavy (non-hydrogen) atoms. The number of rotatable bonds is 6. The highest BCUT2D eigenvalue weighted by molar-refractivity contribution is 4.97. The Bertz CT molecular complexity index is 355. The Hall–Kier alpha value is -1.80. The van der Waals surface area contributed by atoms with E-state index in [1.165, 1.54) is 0 Å². The topological polar surface area (TPSA) is 129 Å². The van der Waals surface area contributed by atoms with Gasteiger partial charge in [-0.3, -0.25) is 30.3 Å². The van der Waals surface area contributed by atoms with Gasteiger partial charge >= 0.3 is 0 Å². The highest BCUT2D eigenvalue weighted by Gasteiger charge is 2.63. The van der Waals surface area contributed by atoms with E-state index in [0.717, 1.165) is 0 Å². The summed E-state index contributed by atoms with van der Waals surface area (Å²) in [6.45, 7) is 5.01. The fraction of sp³-hybridized carbons (Fsp3) is 1.00. The van der Waals surface area contributed by atoms with Crippen LogP contribution in [0.4, 0.5) is 0 Å². The van der Waals surface area contributed by atoms with Crippen molar-refractivity contribution in [2.45, 2.75) is 58.2 Å². The minimum absolute atomic E-state index is 0.273. The standard InChI is InChI=1S/C12H21N3O6/c1-4-7-10(13(16)17)8(5-2)12(15(20)21)9(6-3)11(7)14(18)19/h7-12H,4-6H2,1-3H3. The van der Waals surface area contributed by atoms with E-state index in [4.69, 9.17) is 0 Å². The number of nitro groups is 3. The van der Waals surface area contributed by atoms with Crippen molar-refractivity contribution >= 4 is 0 Å². The lowest BCUT2D eigenvalue weighted by Gasteiger charge is -2.39. The zero-order valence-electron chi connectivity index (χ0n) is 12.4. The van der Waals surface area contributed by atoms with Crippen LogP contribution in [0.15, 0.2) is 0 Å². The van der Waals surface area contributed by atoms with E-state index in [2.05, 4.69) is 0 Å². The van der Waals surface area contributed by atoms with E-state index >= 15 is 0 Å². The first-order valence-electron chi connectivity index (χ1n) is 7.22. The quantitative estimate of drug-likeness (QED) is 0.545. The third-order valence-electron chi connectivity index (χ3n) is 4.78. The van der Waals surface area contributed by atoms with Crippen LogP contribution in [0.5, 0.6) is 0 Å². The number of nitrogens with zero attached hydrogens (tertiary/aromatic N) is 3. The van der Waals surface area contributed by atoms with Crippen LogP contribution in [0.3, 0.4) is 0 Å². The van der Waals surface area contributed by atoms with Crippen molar-refractivity contribution in [1.29, 1.82) is 0 Å². The molecule has 9 nitrogen and oxygen atoms in total. The maximum atomic E-state index is 11.4. The number of hydrogen-bond acceptors (Lipinski definition) is 6. The molecule has 1 fully saturated rings. The molecule has 0 aromatic carbocycles. The van der Waals surface area contributed by atoms with Gasteiger partial charge in [0.1, 0.15) is 0 Å². The molecule has 0 unspecified atom stereocenters. The second-order valence-corrected chi connectivity index (χ2v) is 5.54. The van der Waals surface area contributed by atoms with Gasteiger partial charge in [-0.2, -0.15) is 0 Å². The van der Waals surface area contributed by atoms with Crippen molar-refractivity contribution in [3.63, 3.8) is 0 Å². The fourth-order valence-electron chi connectivity index (χ4n) is 3.95. The van der Waals surface area contributed by atoms with Gasteiger partial charge in [-0.15, -0.1) is 0 Å². The van der Waals surface area contributed by atoms with Gasteiger partial charge in [0.15, 0.2) is 0 Å². The van der Waals surface area contributed by atoms with Crippen molar-refractivity contribution in [3.8, 4) is 0 Å². The van der Waals surface area contributed by atoms with Crippen molar-refractivity contribution in [3.05, 3.63) is 30.3 Å². The minimum Gasteiger partial charge on any atom is -0.264 e. The van der Waals surface area contributed by atoms with Crippen LogP contribution in [-0.4, -0.2) is 32.9 Å². The Morgan fingerprint density at radius 2 is 0.810 bits per heavy atom. The summed E-state index contributed by atoms with van der Waals surface area (Å²) >= 11 is 0. The summed E-state index contributed by atoms with van der Waals surface area (Å²) in [6.07, 6.45) is 0.818. The number of hydrogen-bond donors (Lipinski definition) is 0. The van der Waals surface area contributed by atoms with Crippen LogP contribution in [0.2, 0.25) is 0 Å². The first-order valence-corrected chi connectivity index (χ1v) is 7.22. The van der Waals surface area contributed by atoms with Crippen molar-refractivity contribution in [2.24, 2.45) is 17.8 Å². The molecule has 1 rings (SSSR count). The first-order chi connectivity index (χ1) is 9.81. The Labute approximate surface area is 122 Å². The Kier molecular flexibility index (Phi) is 5.56. The molecule has 0 amide bonds. The summed E-state index contributed by atoms with van der Waals surface area (Å²) in [5, 5.41) is 34.2. The second kappa shape index (κ2) is 6.77. The normalized spacial score (nSPS) is 36.1. The van der Waals surface area contributed by atoms with Crippen molar-refractivity contribution < 1.29 is 14.8 Å². The molecule has 0 aromatic rings. The molecule has 0 heterocycles. The maximum absolute atomic E-state index is 11.4. The van der Waals surface area contributed by atoms with Gasteiger partial charge in [0.05, 0.1) is 17.8 Å². The molecule has 0 spiro atoms. The van der Waals surface area contributed by atoms with E-state index in [-0.39, 0.29) is 19.3 Å². The fourth-order valence-corrected chi connectivity index (χ4v) is 3.95. The van der Waals surface area contributed by atoms with Crippen LogP contribution >= 0.6 is 0 Å². The van der Waals surface area contributed by atoms with Gasteiger partial charge in [0.2, 0.25) is 18.1 Å². The summed E-state index contributed by atoms with van der Waals surface area (Å²) in [5.41, 5.74) is 0. The lowest BCUT2D eigenvalue weighted by molar-refractivity contribution is -0.639. The summed E-state index contributed by atoms with van der Waals surface area (Å²) < 4.78 is 0. The monoisotopic (exact) mass is 303 g/mol. The van der Waals surface area contributed by atoms with Crippen molar-refractivity contribution in [2.75, 3.05) is 0 Å². The smallest absolute Gasteiger partial charge is 0.231 e. The summed E-state index contributed by atoms with van der Waals surface area (Å²) in [7, 11) is 0. The molecule has 0 atom stereocenters. The zero-order chi connectivity index (χ0) is 16.3. The van der Waals surface area contributed by atoms with E-state index < -0.39 is 50.6 Å².